The van der Waals surface area contributed by atoms with E-state index in [1.54, 1.807) is 6.20 Å². The minimum Gasteiger partial charge on any atom is -0.481 e. The van der Waals surface area contributed by atoms with Gasteiger partial charge in [0.2, 0.25) is 5.91 Å². The zero-order valence-electron chi connectivity index (χ0n) is 12.3. The van der Waals surface area contributed by atoms with Gasteiger partial charge >= 0.3 is 5.97 Å². The van der Waals surface area contributed by atoms with Gasteiger partial charge in [0, 0.05) is 6.20 Å². The topological polar surface area (TPSA) is 79.3 Å². The summed E-state index contributed by atoms with van der Waals surface area (Å²) < 4.78 is 0. The standard InChI is InChI=1S/C16H20N2O3/c1-10-7-13(14(16(20)21)8-11(10)2)15(19)18-9-12-5-3-4-6-17-12/h3-6,13-14H,7-9H2,1-2H3,(H,18,19)(H,20,21)/t13-,14+/m1/s1. The number of rotatable bonds is 4. The predicted molar refractivity (Wildman–Crippen MR) is 78.3 cm³/mol. The fourth-order valence-electron chi connectivity index (χ4n) is 2.64. The highest BCUT2D eigenvalue weighted by Gasteiger charge is 2.37. The lowest BCUT2D eigenvalue weighted by atomic mass is 9.76. The first kappa shape index (κ1) is 15.2. The molecular formula is C16H20N2O3. The number of allylic oxidation sites excluding steroid dienone is 2. The zero-order chi connectivity index (χ0) is 15.4. The van der Waals surface area contributed by atoms with Gasteiger partial charge in [0.1, 0.15) is 0 Å². The molecule has 2 atom stereocenters. The van der Waals surface area contributed by atoms with E-state index in [-0.39, 0.29) is 5.91 Å². The number of nitrogens with one attached hydrogen (secondary N) is 1. The molecule has 0 unspecified atom stereocenters. The second-order valence-corrected chi connectivity index (χ2v) is 5.56. The Kier molecular flexibility index (Phi) is 4.73. The third-order valence-corrected chi connectivity index (χ3v) is 4.09. The van der Waals surface area contributed by atoms with E-state index in [0.717, 1.165) is 16.8 Å². The maximum absolute atomic E-state index is 12.3. The Morgan fingerprint density at radius 1 is 1.24 bits per heavy atom. The van der Waals surface area contributed by atoms with E-state index in [4.69, 9.17) is 0 Å². The average Bonchev–Trinajstić information content (AvgIpc) is 2.48. The molecule has 0 spiro atoms. The number of hydrogen-bond acceptors (Lipinski definition) is 3. The Hall–Kier alpha value is -2.17. The van der Waals surface area contributed by atoms with Crippen molar-refractivity contribution in [3.05, 3.63) is 41.2 Å². The first-order valence-electron chi connectivity index (χ1n) is 7.04. The van der Waals surface area contributed by atoms with Crippen LogP contribution in [0.1, 0.15) is 32.4 Å². The van der Waals surface area contributed by atoms with Gasteiger partial charge in [-0.2, -0.15) is 0 Å². The first-order valence-corrected chi connectivity index (χ1v) is 7.04. The van der Waals surface area contributed by atoms with E-state index in [2.05, 4.69) is 10.3 Å². The molecule has 0 radical (unpaired) electrons. The number of carbonyl (C=O) groups excluding carboxylic acids is 1. The van der Waals surface area contributed by atoms with Crippen molar-refractivity contribution < 1.29 is 14.7 Å². The van der Waals surface area contributed by atoms with Crippen LogP contribution in [0.5, 0.6) is 0 Å². The molecule has 5 heteroatoms. The van der Waals surface area contributed by atoms with Gasteiger partial charge in [-0.25, -0.2) is 0 Å². The Balaban J connectivity index is 2.04. The molecule has 21 heavy (non-hydrogen) atoms. The third-order valence-electron chi connectivity index (χ3n) is 4.09. The highest BCUT2D eigenvalue weighted by atomic mass is 16.4. The minimum atomic E-state index is -0.903. The summed E-state index contributed by atoms with van der Waals surface area (Å²) in [5.41, 5.74) is 2.96. The molecule has 1 aromatic heterocycles. The van der Waals surface area contributed by atoms with Gasteiger partial charge < -0.3 is 10.4 Å². The first-order chi connectivity index (χ1) is 9.99. The summed E-state index contributed by atoms with van der Waals surface area (Å²) in [5, 5.41) is 12.1. The van der Waals surface area contributed by atoms with Gasteiger partial charge in [-0.1, -0.05) is 17.2 Å². The molecule has 0 aromatic carbocycles. The highest BCUT2D eigenvalue weighted by molar-refractivity contribution is 5.85. The Bertz CT molecular complexity index is 566. The van der Waals surface area contributed by atoms with Crippen LogP contribution in [0.25, 0.3) is 0 Å². The van der Waals surface area contributed by atoms with Crippen LogP contribution in [0.2, 0.25) is 0 Å². The van der Waals surface area contributed by atoms with Gasteiger partial charge in [0.05, 0.1) is 24.1 Å². The van der Waals surface area contributed by atoms with Crippen LogP contribution >= 0.6 is 0 Å². The molecule has 0 fully saturated rings. The predicted octanol–water partition coefficient (Wildman–Crippen LogP) is 2.15. The molecule has 1 aliphatic rings. The van der Waals surface area contributed by atoms with E-state index in [1.807, 2.05) is 32.0 Å². The van der Waals surface area contributed by atoms with Crippen LogP contribution < -0.4 is 5.32 Å². The summed E-state index contributed by atoms with van der Waals surface area (Å²) in [5.74, 6) is -2.26. The Morgan fingerprint density at radius 3 is 2.48 bits per heavy atom. The smallest absolute Gasteiger partial charge is 0.307 e. The average molecular weight is 288 g/mol. The molecule has 1 heterocycles. The third kappa shape index (κ3) is 3.68. The fraction of sp³-hybridized carbons (Fsp3) is 0.438. The quantitative estimate of drug-likeness (QED) is 0.832. The zero-order valence-corrected chi connectivity index (χ0v) is 12.3. The number of nitrogens with zero attached hydrogens (tertiary/aromatic N) is 1. The van der Waals surface area contributed by atoms with Crippen LogP contribution in [-0.4, -0.2) is 22.0 Å². The monoisotopic (exact) mass is 288 g/mol. The lowest BCUT2D eigenvalue weighted by molar-refractivity contribution is -0.147. The molecular weight excluding hydrogens is 268 g/mol. The summed E-state index contributed by atoms with van der Waals surface area (Å²) >= 11 is 0. The molecule has 2 N–H and O–H groups in total. The van der Waals surface area contributed by atoms with E-state index in [1.165, 1.54) is 0 Å². The Morgan fingerprint density at radius 2 is 1.90 bits per heavy atom. The largest absolute Gasteiger partial charge is 0.481 e. The second kappa shape index (κ2) is 6.52. The highest BCUT2D eigenvalue weighted by Crippen LogP contribution is 2.34. The molecule has 1 amide bonds. The molecule has 0 bridgehead atoms. The van der Waals surface area contributed by atoms with Gasteiger partial charge in [0.25, 0.3) is 0 Å². The molecule has 0 aliphatic heterocycles. The normalized spacial score (nSPS) is 22.0. The summed E-state index contributed by atoms with van der Waals surface area (Å²) in [4.78, 5) is 27.8. The van der Waals surface area contributed by atoms with Crippen molar-refractivity contribution in [1.82, 2.24) is 10.3 Å². The summed E-state index contributed by atoms with van der Waals surface area (Å²) in [6, 6.07) is 5.49. The fourth-order valence-corrected chi connectivity index (χ4v) is 2.64. The summed E-state index contributed by atoms with van der Waals surface area (Å²) in [6.45, 7) is 4.23. The van der Waals surface area contributed by atoms with Crippen molar-refractivity contribution in [2.45, 2.75) is 33.2 Å². The Labute approximate surface area is 124 Å². The summed E-state index contributed by atoms with van der Waals surface area (Å²) in [7, 11) is 0. The van der Waals surface area contributed by atoms with Crippen LogP contribution in [0.4, 0.5) is 0 Å². The number of aliphatic carboxylic acids is 1. The number of amides is 1. The second-order valence-electron chi connectivity index (χ2n) is 5.56. The molecule has 2 rings (SSSR count). The number of carboxylic acid groups (broad SMARTS) is 1. The lowest BCUT2D eigenvalue weighted by Gasteiger charge is -2.29. The van der Waals surface area contributed by atoms with Gasteiger partial charge in [-0.3, -0.25) is 14.6 Å². The molecule has 0 saturated carbocycles. The lowest BCUT2D eigenvalue weighted by Crippen LogP contribution is -2.39. The molecule has 5 nitrogen and oxygen atoms in total. The van der Waals surface area contributed by atoms with Crippen LogP contribution in [0.3, 0.4) is 0 Å². The maximum Gasteiger partial charge on any atom is 0.307 e. The molecule has 112 valence electrons. The SMILES string of the molecule is CC1=C(C)C[C@@H](C(=O)NCc2ccccn2)[C@@H](C(=O)O)C1. The van der Waals surface area contributed by atoms with Crippen molar-refractivity contribution in [3.63, 3.8) is 0 Å². The number of pyridine rings is 1. The minimum absolute atomic E-state index is 0.208. The van der Waals surface area contributed by atoms with Crippen molar-refractivity contribution in [1.29, 1.82) is 0 Å². The van der Waals surface area contributed by atoms with Crippen molar-refractivity contribution in [2.24, 2.45) is 11.8 Å². The number of aromatic nitrogens is 1. The molecule has 1 aromatic rings. The molecule has 1 aliphatic carbocycles. The number of hydrogen-bond donors (Lipinski definition) is 2. The maximum atomic E-state index is 12.3. The number of carboxylic acids is 1. The van der Waals surface area contributed by atoms with Gasteiger partial charge in [-0.15, -0.1) is 0 Å². The van der Waals surface area contributed by atoms with Crippen LogP contribution in [0.15, 0.2) is 35.5 Å². The van der Waals surface area contributed by atoms with Gasteiger partial charge in [-0.05, 0) is 38.8 Å². The molecule has 0 saturated heterocycles. The van der Waals surface area contributed by atoms with Crippen molar-refractivity contribution in [3.8, 4) is 0 Å². The summed E-state index contributed by atoms with van der Waals surface area (Å²) in [6.07, 6.45) is 2.62. The van der Waals surface area contributed by atoms with E-state index < -0.39 is 17.8 Å². The van der Waals surface area contributed by atoms with Crippen LogP contribution in [0, 0.1) is 11.8 Å². The van der Waals surface area contributed by atoms with E-state index in [0.29, 0.717) is 19.4 Å². The van der Waals surface area contributed by atoms with Gasteiger partial charge in [0.15, 0.2) is 0 Å². The number of carbonyl (C=O) groups is 2. The van der Waals surface area contributed by atoms with Crippen molar-refractivity contribution >= 4 is 11.9 Å². The van der Waals surface area contributed by atoms with Crippen LogP contribution in [-0.2, 0) is 16.1 Å². The van der Waals surface area contributed by atoms with E-state index >= 15 is 0 Å². The van der Waals surface area contributed by atoms with E-state index in [9.17, 15) is 14.7 Å². The van der Waals surface area contributed by atoms with Crippen molar-refractivity contribution in [2.75, 3.05) is 0 Å².